The molecule has 0 N–H and O–H groups in total. The van der Waals surface area contributed by atoms with E-state index in [0.29, 0.717) is 52.8 Å². The molecule has 0 saturated carbocycles. The van der Waals surface area contributed by atoms with Gasteiger partial charge < -0.3 is 28.3 Å². The van der Waals surface area contributed by atoms with Crippen molar-refractivity contribution in [1.82, 2.24) is 4.57 Å². The van der Waals surface area contributed by atoms with E-state index in [-0.39, 0.29) is 16.9 Å². The first-order valence-electron chi connectivity index (χ1n) is 10.4. The third-order valence-electron chi connectivity index (χ3n) is 5.94. The fourth-order valence-corrected chi connectivity index (χ4v) is 4.43. The zero-order valence-electron chi connectivity index (χ0n) is 19.5. The Balaban J connectivity index is 2.11. The van der Waals surface area contributed by atoms with Gasteiger partial charge >= 0.3 is 11.7 Å². The minimum absolute atomic E-state index is 0.0943. The van der Waals surface area contributed by atoms with Crippen LogP contribution in [0.5, 0.6) is 23.0 Å². The summed E-state index contributed by atoms with van der Waals surface area (Å²) in [5.74, 6) is 1.11. The molecule has 178 valence electrons. The lowest BCUT2D eigenvalue weighted by molar-refractivity contribution is -0.383. The minimum atomic E-state index is -0.678. The van der Waals surface area contributed by atoms with Crippen molar-refractivity contribution >= 4 is 11.7 Å². The molecule has 0 amide bonds. The summed E-state index contributed by atoms with van der Waals surface area (Å²) in [5, 5.41) is 12.5. The molecule has 0 unspecified atom stereocenters. The van der Waals surface area contributed by atoms with Gasteiger partial charge in [-0.3, -0.25) is 10.1 Å². The smallest absolute Gasteiger partial charge is 0.355 e. The number of aromatic nitrogens is 1. The Morgan fingerprint density at radius 3 is 2.12 bits per heavy atom. The average molecular weight is 468 g/mol. The van der Waals surface area contributed by atoms with Gasteiger partial charge in [-0.25, -0.2) is 4.79 Å². The van der Waals surface area contributed by atoms with Crippen molar-refractivity contribution in [1.29, 1.82) is 0 Å². The molecule has 0 spiro atoms. The maximum atomic E-state index is 13.0. The highest BCUT2D eigenvalue weighted by Gasteiger charge is 2.39. The summed E-state index contributed by atoms with van der Waals surface area (Å²) >= 11 is 0. The number of benzene rings is 2. The normalized spacial score (nSPS) is 11.8. The van der Waals surface area contributed by atoms with Gasteiger partial charge in [-0.05, 0) is 41.8 Å². The van der Waals surface area contributed by atoms with E-state index in [2.05, 4.69) is 0 Å². The Morgan fingerprint density at radius 2 is 1.53 bits per heavy atom. The molecule has 0 saturated heterocycles. The Morgan fingerprint density at radius 1 is 0.912 bits per heavy atom. The van der Waals surface area contributed by atoms with Gasteiger partial charge in [-0.2, -0.15) is 0 Å². The molecular formula is C24H24N2O8. The number of hydrogen-bond acceptors (Lipinski definition) is 8. The molecule has 10 nitrogen and oxygen atoms in total. The lowest BCUT2D eigenvalue weighted by Gasteiger charge is -2.22. The summed E-state index contributed by atoms with van der Waals surface area (Å²) < 4.78 is 28.2. The highest BCUT2D eigenvalue weighted by Crippen LogP contribution is 2.50. The number of methoxy groups -OCH3 is 5. The van der Waals surface area contributed by atoms with Crippen LogP contribution in [0.15, 0.2) is 30.3 Å². The molecule has 1 aromatic heterocycles. The van der Waals surface area contributed by atoms with Crippen LogP contribution in [-0.4, -0.2) is 51.0 Å². The molecule has 0 fully saturated rings. The summed E-state index contributed by atoms with van der Waals surface area (Å²) in [6.07, 6.45) is 0.532. The zero-order chi connectivity index (χ0) is 24.6. The lowest BCUT2D eigenvalue weighted by Crippen LogP contribution is -2.17. The van der Waals surface area contributed by atoms with Crippen LogP contribution in [0.4, 0.5) is 5.69 Å². The Hall–Kier alpha value is -4.21. The van der Waals surface area contributed by atoms with Gasteiger partial charge in [0.2, 0.25) is 0 Å². The van der Waals surface area contributed by atoms with E-state index in [9.17, 15) is 14.9 Å². The van der Waals surface area contributed by atoms with Crippen LogP contribution in [0.2, 0.25) is 0 Å². The fraction of sp³-hybridized carbons (Fsp3) is 0.292. The quantitative estimate of drug-likeness (QED) is 0.289. The predicted octanol–water partition coefficient (Wildman–Crippen LogP) is 4.11. The molecule has 0 bridgehead atoms. The second kappa shape index (κ2) is 8.97. The number of aryl methyl sites for hydroxylation is 1. The van der Waals surface area contributed by atoms with Crippen molar-refractivity contribution < 1.29 is 33.4 Å². The van der Waals surface area contributed by atoms with Crippen molar-refractivity contribution in [3.05, 3.63) is 51.7 Å². The highest BCUT2D eigenvalue weighted by molar-refractivity contribution is 6.04. The Labute approximate surface area is 195 Å². The Bertz CT molecular complexity index is 1290. The summed E-state index contributed by atoms with van der Waals surface area (Å²) in [7, 11) is 7.24. The van der Waals surface area contributed by atoms with E-state index in [1.807, 2.05) is 6.07 Å². The summed E-state index contributed by atoms with van der Waals surface area (Å²) in [6.45, 7) is 0.344. The van der Waals surface area contributed by atoms with Gasteiger partial charge in [-0.15, -0.1) is 0 Å². The number of hydrogen-bond donors (Lipinski definition) is 0. The molecule has 4 rings (SSSR count). The largest absolute Gasteiger partial charge is 0.493 e. The first-order chi connectivity index (χ1) is 16.4. The van der Waals surface area contributed by atoms with E-state index in [4.69, 9.17) is 23.7 Å². The van der Waals surface area contributed by atoms with Gasteiger partial charge in [0.1, 0.15) is 11.4 Å². The number of fused-ring (bicyclic) bond motifs is 3. The monoisotopic (exact) mass is 468 g/mol. The number of nitrogens with zero attached hydrogens (tertiary/aromatic N) is 2. The highest BCUT2D eigenvalue weighted by atomic mass is 16.6. The topological polar surface area (TPSA) is 111 Å². The first kappa shape index (κ1) is 23.0. The lowest BCUT2D eigenvalue weighted by atomic mass is 9.96. The molecule has 0 aliphatic carbocycles. The molecule has 2 heterocycles. The summed E-state index contributed by atoms with van der Waals surface area (Å²) in [6, 6.07) is 8.40. The molecule has 34 heavy (non-hydrogen) atoms. The molecule has 0 radical (unpaired) electrons. The number of ether oxygens (including phenoxy) is 5. The Kier molecular flexibility index (Phi) is 6.06. The summed E-state index contributed by atoms with van der Waals surface area (Å²) in [5.41, 5.74) is 2.20. The molecule has 10 heteroatoms. The number of rotatable bonds is 7. The average Bonchev–Trinajstić information content (AvgIpc) is 3.22. The molecule has 1 aliphatic rings. The van der Waals surface area contributed by atoms with Gasteiger partial charge in [0, 0.05) is 12.1 Å². The molecule has 2 aromatic carbocycles. The number of nitro groups is 1. The minimum Gasteiger partial charge on any atom is -0.493 e. The van der Waals surface area contributed by atoms with Crippen LogP contribution < -0.4 is 18.9 Å². The number of esters is 1. The predicted molar refractivity (Wildman–Crippen MR) is 123 cm³/mol. The zero-order valence-corrected chi connectivity index (χ0v) is 19.5. The van der Waals surface area contributed by atoms with E-state index in [1.54, 1.807) is 28.8 Å². The van der Waals surface area contributed by atoms with Crippen LogP contribution >= 0.6 is 0 Å². The van der Waals surface area contributed by atoms with Crippen LogP contribution in [0.1, 0.15) is 16.1 Å². The van der Waals surface area contributed by atoms with Crippen LogP contribution in [-0.2, 0) is 17.7 Å². The fourth-order valence-electron chi connectivity index (χ4n) is 4.43. The van der Waals surface area contributed by atoms with Gasteiger partial charge in [-0.1, -0.05) is 6.07 Å². The maximum absolute atomic E-state index is 13.0. The third-order valence-corrected chi connectivity index (χ3v) is 5.94. The van der Waals surface area contributed by atoms with Gasteiger partial charge in [0.25, 0.3) is 0 Å². The second-order valence-electron chi connectivity index (χ2n) is 7.51. The molecule has 1 aliphatic heterocycles. The molecule has 3 aromatic rings. The van der Waals surface area contributed by atoms with Crippen LogP contribution in [0.3, 0.4) is 0 Å². The number of carbonyl (C=O) groups excluding carboxylic acids is 1. The summed E-state index contributed by atoms with van der Waals surface area (Å²) in [4.78, 5) is 25.0. The van der Waals surface area contributed by atoms with E-state index < -0.39 is 10.9 Å². The second-order valence-corrected chi connectivity index (χ2v) is 7.51. The van der Waals surface area contributed by atoms with Crippen molar-refractivity contribution in [2.24, 2.45) is 0 Å². The van der Waals surface area contributed by atoms with Gasteiger partial charge in [0.05, 0.1) is 46.0 Å². The van der Waals surface area contributed by atoms with E-state index in [1.165, 1.54) is 35.5 Å². The van der Waals surface area contributed by atoms with Crippen molar-refractivity contribution in [2.45, 2.75) is 13.0 Å². The number of carbonyl (C=O) groups is 1. The SMILES string of the molecule is COC(=O)c1c(-c2ccc(OC)c(OC)c2)c([N+](=O)[O-])c2n1CCc1cc(OC)c(OC)cc1-2. The van der Waals surface area contributed by atoms with Crippen molar-refractivity contribution in [2.75, 3.05) is 35.5 Å². The van der Waals surface area contributed by atoms with E-state index in [0.717, 1.165) is 5.56 Å². The first-order valence-corrected chi connectivity index (χ1v) is 10.4. The van der Waals surface area contributed by atoms with Crippen LogP contribution in [0, 0.1) is 10.1 Å². The molecular weight excluding hydrogens is 444 g/mol. The molecule has 0 atom stereocenters. The maximum Gasteiger partial charge on any atom is 0.355 e. The van der Waals surface area contributed by atoms with Crippen molar-refractivity contribution in [3.8, 4) is 45.4 Å². The van der Waals surface area contributed by atoms with Gasteiger partial charge in [0.15, 0.2) is 23.0 Å². The van der Waals surface area contributed by atoms with Crippen molar-refractivity contribution in [3.63, 3.8) is 0 Å². The third kappa shape index (κ3) is 3.47. The van der Waals surface area contributed by atoms with E-state index >= 15 is 0 Å². The van der Waals surface area contributed by atoms with Crippen LogP contribution in [0.25, 0.3) is 22.4 Å². The standard InChI is InChI=1S/C24H24N2O8/c1-30-16-7-6-14(11-17(16)31-2)20-22(26(28)29)21-15-12-19(33-4)18(32-3)10-13(15)8-9-25(21)23(20)24(27)34-5/h6-7,10-12H,8-9H2,1-5H3.